The quantitative estimate of drug-likeness (QED) is 0.689. The lowest BCUT2D eigenvalue weighted by atomic mass is 9.98. The van der Waals surface area contributed by atoms with Crippen molar-refractivity contribution in [1.29, 1.82) is 0 Å². The van der Waals surface area contributed by atoms with Gasteiger partial charge in [0.2, 0.25) is 0 Å². The van der Waals surface area contributed by atoms with E-state index in [1.165, 1.54) is 32.2 Å². The summed E-state index contributed by atoms with van der Waals surface area (Å²) >= 11 is 0. The van der Waals surface area contributed by atoms with Crippen LogP contribution in [-0.2, 0) is 4.74 Å². The molecule has 100 valence electrons. The number of rotatable bonds is 7. The van der Waals surface area contributed by atoms with Gasteiger partial charge in [0.25, 0.3) is 0 Å². The van der Waals surface area contributed by atoms with Crippen molar-refractivity contribution < 1.29 is 4.74 Å². The summed E-state index contributed by atoms with van der Waals surface area (Å²) in [5.74, 6) is 0. The van der Waals surface area contributed by atoms with Crippen LogP contribution in [0.15, 0.2) is 0 Å². The fourth-order valence-electron chi connectivity index (χ4n) is 3.35. The highest BCUT2D eigenvalue weighted by Gasteiger charge is 2.35. The van der Waals surface area contributed by atoms with Crippen molar-refractivity contribution in [2.75, 3.05) is 26.3 Å². The van der Waals surface area contributed by atoms with Crippen molar-refractivity contribution in [2.24, 2.45) is 0 Å². The summed E-state index contributed by atoms with van der Waals surface area (Å²) < 4.78 is 5.62. The molecule has 2 atom stereocenters. The van der Waals surface area contributed by atoms with Crippen molar-refractivity contribution in [2.45, 2.75) is 64.1 Å². The second-order valence-electron chi connectivity index (χ2n) is 5.50. The van der Waals surface area contributed by atoms with Crippen molar-refractivity contribution in [3.63, 3.8) is 0 Å². The zero-order valence-corrected chi connectivity index (χ0v) is 11.5. The second-order valence-corrected chi connectivity index (χ2v) is 5.50. The molecule has 17 heavy (non-hydrogen) atoms. The Morgan fingerprint density at radius 2 is 1.82 bits per heavy atom. The number of hydrogen-bond acceptors (Lipinski definition) is 3. The van der Waals surface area contributed by atoms with E-state index >= 15 is 0 Å². The second kappa shape index (κ2) is 6.72. The topological polar surface area (TPSA) is 24.5 Å². The SMILES string of the molecule is CCCOCCN(CC)C1CC2CCC(C1)N2. The molecular formula is C14H28N2O. The third kappa shape index (κ3) is 3.67. The average Bonchev–Trinajstić information content (AvgIpc) is 2.68. The Morgan fingerprint density at radius 3 is 2.41 bits per heavy atom. The van der Waals surface area contributed by atoms with Crippen LogP contribution in [0, 0.1) is 0 Å². The lowest BCUT2D eigenvalue weighted by molar-refractivity contribution is 0.0752. The van der Waals surface area contributed by atoms with Crippen LogP contribution in [0.5, 0.6) is 0 Å². The maximum Gasteiger partial charge on any atom is 0.0593 e. The van der Waals surface area contributed by atoms with Crippen molar-refractivity contribution in [3.8, 4) is 0 Å². The van der Waals surface area contributed by atoms with Gasteiger partial charge in [-0.15, -0.1) is 0 Å². The molecule has 2 aliphatic rings. The van der Waals surface area contributed by atoms with E-state index in [0.29, 0.717) is 0 Å². The number of nitrogens with one attached hydrogen (secondary N) is 1. The maximum absolute atomic E-state index is 5.62. The van der Waals surface area contributed by atoms with Gasteiger partial charge in [-0.25, -0.2) is 0 Å². The summed E-state index contributed by atoms with van der Waals surface area (Å²) in [6.07, 6.45) is 6.61. The molecule has 0 radical (unpaired) electrons. The van der Waals surface area contributed by atoms with Crippen LogP contribution >= 0.6 is 0 Å². The highest BCUT2D eigenvalue weighted by molar-refractivity contribution is 4.95. The smallest absolute Gasteiger partial charge is 0.0593 e. The molecule has 0 saturated carbocycles. The lowest BCUT2D eigenvalue weighted by Gasteiger charge is -2.37. The minimum absolute atomic E-state index is 0.795. The molecule has 0 aromatic rings. The minimum Gasteiger partial charge on any atom is -0.380 e. The highest BCUT2D eigenvalue weighted by atomic mass is 16.5. The summed E-state index contributed by atoms with van der Waals surface area (Å²) in [6, 6.07) is 2.39. The molecule has 2 unspecified atom stereocenters. The van der Waals surface area contributed by atoms with E-state index in [2.05, 4.69) is 24.1 Å². The number of likely N-dealkylation sites (N-methyl/N-ethyl adjacent to an activating group) is 1. The van der Waals surface area contributed by atoms with Gasteiger partial charge in [-0.3, -0.25) is 4.90 Å². The van der Waals surface area contributed by atoms with Gasteiger partial charge in [-0.1, -0.05) is 13.8 Å². The summed E-state index contributed by atoms with van der Waals surface area (Å²) in [4.78, 5) is 2.63. The van der Waals surface area contributed by atoms with E-state index in [-0.39, 0.29) is 0 Å². The van der Waals surface area contributed by atoms with E-state index in [1.54, 1.807) is 0 Å². The molecule has 0 aliphatic carbocycles. The van der Waals surface area contributed by atoms with Gasteiger partial charge in [0.1, 0.15) is 0 Å². The molecular weight excluding hydrogens is 212 g/mol. The van der Waals surface area contributed by atoms with Gasteiger partial charge in [-0.05, 0) is 38.6 Å². The minimum atomic E-state index is 0.795. The molecule has 0 aromatic heterocycles. The Kier molecular flexibility index (Phi) is 5.26. The van der Waals surface area contributed by atoms with E-state index in [1.807, 2.05) is 0 Å². The Bertz CT molecular complexity index is 210. The number of fused-ring (bicyclic) bond motifs is 2. The molecule has 2 saturated heterocycles. The van der Waals surface area contributed by atoms with Crippen molar-refractivity contribution in [3.05, 3.63) is 0 Å². The van der Waals surface area contributed by atoms with Gasteiger partial charge in [0.05, 0.1) is 6.61 Å². The normalized spacial score (nSPS) is 32.3. The van der Waals surface area contributed by atoms with E-state index in [4.69, 9.17) is 4.74 Å². The number of ether oxygens (including phenoxy) is 1. The van der Waals surface area contributed by atoms with E-state index in [9.17, 15) is 0 Å². The zero-order chi connectivity index (χ0) is 12.1. The van der Waals surface area contributed by atoms with Crippen molar-refractivity contribution in [1.82, 2.24) is 10.2 Å². The first kappa shape index (κ1) is 13.3. The molecule has 1 N–H and O–H groups in total. The summed E-state index contributed by atoms with van der Waals surface area (Å²) in [7, 11) is 0. The van der Waals surface area contributed by atoms with E-state index in [0.717, 1.165) is 44.3 Å². The molecule has 0 amide bonds. The zero-order valence-electron chi connectivity index (χ0n) is 11.5. The fourth-order valence-corrected chi connectivity index (χ4v) is 3.35. The third-order valence-electron chi connectivity index (χ3n) is 4.24. The van der Waals surface area contributed by atoms with E-state index < -0.39 is 0 Å². The van der Waals surface area contributed by atoms with Crippen LogP contribution < -0.4 is 5.32 Å². The average molecular weight is 240 g/mol. The van der Waals surface area contributed by atoms with Crippen LogP contribution in [-0.4, -0.2) is 49.3 Å². The van der Waals surface area contributed by atoms with Gasteiger partial charge in [0.15, 0.2) is 0 Å². The summed E-state index contributed by atoms with van der Waals surface area (Å²) in [6.45, 7) is 8.54. The highest BCUT2D eigenvalue weighted by Crippen LogP contribution is 2.29. The Labute approximate surface area is 106 Å². The monoisotopic (exact) mass is 240 g/mol. The van der Waals surface area contributed by atoms with Crippen LogP contribution in [0.3, 0.4) is 0 Å². The van der Waals surface area contributed by atoms with Crippen LogP contribution in [0.4, 0.5) is 0 Å². The first-order valence-corrected chi connectivity index (χ1v) is 7.41. The van der Waals surface area contributed by atoms with Gasteiger partial charge in [-0.2, -0.15) is 0 Å². The molecule has 2 bridgehead atoms. The largest absolute Gasteiger partial charge is 0.380 e. The van der Waals surface area contributed by atoms with Gasteiger partial charge in [0, 0.05) is 31.3 Å². The molecule has 3 nitrogen and oxygen atoms in total. The Balaban J connectivity index is 1.73. The molecule has 2 rings (SSSR count). The van der Waals surface area contributed by atoms with Crippen molar-refractivity contribution >= 4 is 0 Å². The molecule has 0 spiro atoms. The molecule has 2 fully saturated rings. The first-order chi connectivity index (χ1) is 8.33. The van der Waals surface area contributed by atoms with Crippen LogP contribution in [0.2, 0.25) is 0 Å². The molecule has 0 aromatic carbocycles. The number of piperidine rings is 1. The molecule has 2 heterocycles. The van der Waals surface area contributed by atoms with Crippen LogP contribution in [0.25, 0.3) is 0 Å². The standard InChI is InChI=1S/C14H28N2O/c1-3-8-17-9-7-16(4-2)14-10-12-5-6-13(11-14)15-12/h12-15H,3-11H2,1-2H3. The summed E-state index contributed by atoms with van der Waals surface area (Å²) in [5.41, 5.74) is 0. The molecule has 3 heteroatoms. The first-order valence-electron chi connectivity index (χ1n) is 7.41. The van der Waals surface area contributed by atoms with Gasteiger partial charge < -0.3 is 10.1 Å². The predicted molar refractivity (Wildman–Crippen MR) is 71.3 cm³/mol. The fraction of sp³-hybridized carbons (Fsp3) is 1.00. The summed E-state index contributed by atoms with van der Waals surface area (Å²) in [5, 5.41) is 3.72. The van der Waals surface area contributed by atoms with Crippen LogP contribution in [0.1, 0.15) is 46.0 Å². The third-order valence-corrected chi connectivity index (χ3v) is 4.24. The number of hydrogen-bond donors (Lipinski definition) is 1. The predicted octanol–water partition coefficient (Wildman–Crippen LogP) is 2.02. The maximum atomic E-state index is 5.62. The lowest BCUT2D eigenvalue weighted by Crippen LogP contribution is -2.49. The van der Waals surface area contributed by atoms with Gasteiger partial charge >= 0.3 is 0 Å². The number of nitrogens with zero attached hydrogens (tertiary/aromatic N) is 1. The Morgan fingerprint density at radius 1 is 1.12 bits per heavy atom. The Hall–Kier alpha value is -0.120. The molecule has 2 aliphatic heterocycles.